The Morgan fingerprint density at radius 1 is 1.53 bits per heavy atom. The van der Waals surface area contributed by atoms with E-state index in [2.05, 4.69) is 0 Å². The van der Waals surface area contributed by atoms with Gasteiger partial charge < -0.3 is 5.73 Å². The summed E-state index contributed by atoms with van der Waals surface area (Å²) in [4.78, 5) is 11.6. The number of carbonyl (C=O) groups is 1. The van der Waals surface area contributed by atoms with Gasteiger partial charge in [0.05, 0.1) is 6.54 Å². The van der Waals surface area contributed by atoms with E-state index in [4.69, 9.17) is 5.73 Å². The number of nitrogens with zero attached hydrogens (tertiary/aromatic N) is 1. The molecule has 2 fully saturated rings. The third-order valence-electron chi connectivity index (χ3n) is 3.28. The molecule has 1 amide bonds. The molecule has 86 valence electrons. The van der Waals surface area contributed by atoms with Crippen molar-refractivity contribution in [2.24, 2.45) is 11.7 Å². The van der Waals surface area contributed by atoms with E-state index in [0.29, 0.717) is 5.92 Å². The maximum absolute atomic E-state index is 11.7. The van der Waals surface area contributed by atoms with Crippen molar-refractivity contribution in [1.82, 2.24) is 4.31 Å². The van der Waals surface area contributed by atoms with Crippen molar-refractivity contribution in [3.8, 4) is 0 Å². The Balaban J connectivity index is 2.09. The van der Waals surface area contributed by atoms with E-state index in [1.807, 2.05) is 0 Å². The topological polar surface area (TPSA) is 80.5 Å². The average molecular weight is 232 g/mol. The zero-order chi connectivity index (χ0) is 11.4. The van der Waals surface area contributed by atoms with Crippen LogP contribution in [0.25, 0.3) is 0 Å². The largest absolute Gasteiger partial charge is 0.326 e. The molecule has 2 rings (SSSR count). The first-order chi connectivity index (χ1) is 6.78. The summed E-state index contributed by atoms with van der Waals surface area (Å²) in [5.74, 6) is 0.0651. The molecule has 5 nitrogen and oxygen atoms in total. The SMILES string of the molecule is CC1(C)C(=O)N(CC(N)C2CC2)S1(=O)=O. The number of amides is 1. The van der Waals surface area contributed by atoms with Gasteiger partial charge in [-0.15, -0.1) is 0 Å². The second kappa shape index (κ2) is 2.95. The van der Waals surface area contributed by atoms with Crippen molar-refractivity contribution in [2.75, 3.05) is 6.54 Å². The first kappa shape index (κ1) is 10.9. The number of rotatable bonds is 3. The quantitative estimate of drug-likeness (QED) is 0.722. The van der Waals surface area contributed by atoms with Crippen LogP contribution in [0.5, 0.6) is 0 Å². The lowest BCUT2D eigenvalue weighted by Gasteiger charge is -2.44. The summed E-state index contributed by atoms with van der Waals surface area (Å²) in [7, 11) is -3.45. The molecule has 6 heteroatoms. The van der Waals surface area contributed by atoms with Gasteiger partial charge >= 0.3 is 0 Å². The van der Waals surface area contributed by atoms with Crippen LogP contribution >= 0.6 is 0 Å². The van der Waals surface area contributed by atoms with Gasteiger partial charge in [-0.1, -0.05) is 0 Å². The van der Waals surface area contributed by atoms with Crippen molar-refractivity contribution < 1.29 is 13.2 Å². The highest BCUT2D eigenvalue weighted by atomic mass is 32.2. The molecule has 0 aromatic heterocycles. The highest BCUT2D eigenvalue weighted by molar-refractivity contribution is 7.94. The summed E-state index contributed by atoms with van der Waals surface area (Å²) < 4.78 is 23.1. The van der Waals surface area contributed by atoms with Crippen molar-refractivity contribution in [1.29, 1.82) is 0 Å². The highest BCUT2D eigenvalue weighted by Gasteiger charge is 2.60. The maximum atomic E-state index is 11.7. The Labute approximate surface area is 89.7 Å². The fourth-order valence-corrected chi connectivity index (χ4v) is 3.37. The summed E-state index contributed by atoms with van der Waals surface area (Å²) in [6.07, 6.45) is 2.10. The standard InChI is InChI=1S/C9H16N2O3S/c1-9(2)8(12)11(15(9,13)14)5-7(10)6-3-4-6/h6-7H,3-5,10H2,1-2H3. The molecule has 0 spiro atoms. The summed E-state index contributed by atoms with van der Waals surface area (Å²) in [5, 5.41) is 0. The number of nitrogens with two attached hydrogens (primary N) is 1. The van der Waals surface area contributed by atoms with E-state index >= 15 is 0 Å². The van der Waals surface area contributed by atoms with Crippen LogP contribution in [0.3, 0.4) is 0 Å². The van der Waals surface area contributed by atoms with E-state index in [9.17, 15) is 13.2 Å². The van der Waals surface area contributed by atoms with Crippen molar-refractivity contribution in [2.45, 2.75) is 37.5 Å². The molecule has 0 bridgehead atoms. The monoisotopic (exact) mass is 232 g/mol. The number of hydrogen-bond donors (Lipinski definition) is 1. The van der Waals surface area contributed by atoms with Crippen LogP contribution in [0.2, 0.25) is 0 Å². The van der Waals surface area contributed by atoms with Gasteiger partial charge in [0.2, 0.25) is 0 Å². The first-order valence-corrected chi connectivity index (χ1v) is 6.55. The molecular formula is C9H16N2O3S. The molecule has 1 aliphatic heterocycles. The van der Waals surface area contributed by atoms with E-state index in [-0.39, 0.29) is 18.5 Å². The molecule has 2 aliphatic rings. The summed E-state index contributed by atoms with van der Waals surface area (Å²) in [6.45, 7) is 3.02. The van der Waals surface area contributed by atoms with Gasteiger partial charge in [0.25, 0.3) is 15.9 Å². The van der Waals surface area contributed by atoms with E-state index in [1.165, 1.54) is 13.8 Å². The number of carbonyl (C=O) groups excluding carboxylic acids is 1. The van der Waals surface area contributed by atoms with E-state index < -0.39 is 14.8 Å². The van der Waals surface area contributed by atoms with Crippen molar-refractivity contribution >= 4 is 15.9 Å². The normalized spacial score (nSPS) is 29.8. The maximum Gasteiger partial charge on any atom is 0.258 e. The Hall–Kier alpha value is -0.620. The molecule has 0 aromatic rings. The van der Waals surface area contributed by atoms with Gasteiger partial charge in [0.1, 0.15) is 0 Å². The third-order valence-corrected chi connectivity index (χ3v) is 5.64. The minimum absolute atomic E-state index is 0.148. The zero-order valence-electron chi connectivity index (χ0n) is 8.93. The molecule has 0 radical (unpaired) electrons. The van der Waals surface area contributed by atoms with Crippen LogP contribution in [0.1, 0.15) is 26.7 Å². The molecular weight excluding hydrogens is 216 g/mol. The van der Waals surface area contributed by atoms with Gasteiger partial charge in [0.15, 0.2) is 4.75 Å². The van der Waals surface area contributed by atoms with Crippen LogP contribution in [-0.2, 0) is 14.8 Å². The van der Waals surface area contributed by atoms with Gasteiger partial charge in [-0.05, 0) is 32.6 Å². The van der Waals surface area contributed by atoms with Gasteiger partial charge in [0, 0.05) is 6.04 Å². The van der Waals surface area contributed by atoms with Crippen LogP contribution < -0.4 is 5.73 Å². The van der Waals surface area contributed by atoms with Crippen molar-refractivity contribution in [3.05, 3.63) is 0 Å². The van der Waals surface area contributed by atoms with Crippen molar-refractivity contribution in [3.63, 3.8) is 0 Å². The summed E-state index contributed by atoms with van der Waals surface area (Å²) in [5.41, 5.74) is 5.80. The van der Waals surface area contributed by atoms with Crippen LogP contribution in [-0.4, -0.2) is 36.0 Å². The first-order valence-electron chi connectivity index (χ1n) is 5.11. The molecule has 1 heterocycles. The van der Waals surface area contributed by atoms with Gasteiger partial charge in [-0.3, -0.25) is 4.79 Å². The van der Waals surface area contributed by atoms with Crippen LogP contribution in [0.4, 0.5) is 0 Å². The minimum atomic E-state index is -3.45. The predicted octanol–water partition coefficient (Wildman–Crippen LogP) is -0.326. The number of sulfonamides is 1. The number of hydrogen-bond acceptors (Lipinski definition) is 4. The average Bonchev–Trinajstić information content (AvgIpc) is 2.94. The Kier molecular flexibility index (Phi) is 2.14. The van der Waals surface area contributed by atoms with Crippen LogP contribution in [0.15, 0.2) is 0 Å². The smallest absolute Gasteiger partial charge is 0.258 e. The second-order valence-corrected chi connectivity index (χ2v) is 7.26. The lowest BCUT2D eigenvalue weighted by molar-refractivity contribution is -0.132. The third kappa shape index (κ3) is 1.38. The summed E-state index contributed by atoms with van der Waals surface area (Å²) in [6, 6.07) is -0.195. The van der Waals surface area contributed by atoms with Gasteiger partial charge in [-0.2, -0.15) is 0 Å². The lowest BCUT2D eigenvalue weighted by Crippen LogP contribution is -2.68. The molecule has 2 N–H and O–H groups in total. The second-order valence-electron chi connectivity index (χ2n) is 4.85. The molecule has 1 aliphatic carbocycles. The zero-order valence-corrected chi connectivity index (χ0v) is 9.75. The lowest BCUT2D eigenvalue weighted by atomic mass is 10.1. The van der Waals surface area contributed by atoms with E-state index in [1.54, 1.807) is 0 Å². The highest BCUT2D eigenvalue weighted by Crippen LogP contribution is 2.37. The van der Waals surface area contributed by atoms with Crippen LogP contribution in [0, 0.1) is 5.92 Å². The molecule has 1 unspecified atom stereocenters. The molecule has 1 atom stereocenters. The fraction of sp³-hybridized carbons (Fsp3) is 0.889. The predicted molar refractivity (Wildman–Crippen MR) is 55.4 cm³/mol. The Morgan fingerprint density at radius 2 is 2.07 bits per heavy atom. The van der Waals surface area contributed by atoms with E-state index in [0.717, 1.165) is 17.1 Å². The molecule has 1 saturated carbocycles. The fourth-order valence-electron chi connectivity index (χ4n) is 1.80. The minimum Gasteiger partial charge on any atom is -0.326 e. The Morgan fingerprint density at radius 3 is 2.47 bits per heavy atom. The molecule has 0 aromatic carbocycles. The molecule has 15 heavy (non-hydrogen) atoms. The summed E-state index contributed by atoms with van der Waals surface area (Å²) >= 11 is 0. The van der Waals surface area contributed by atoms with Gasteiger partial charge in [-0.25, -0.2) is 12.7 Å². The Bertz CT molecular complexity index is 398. The molecule has 1 saturated heterocycles.